The molecule has 0 bridgehead atoms. The number of rotatable bonds is 3. The summed E-state index contributed by atoms with van der Waals surface area (Å²) >= 11 is 0. The van der Waals surface area contributed by atoms with Gasteiger partial charge >= 0.3 is 0 Å². The molecule has 0 saturated heterocycles. The van der Waals surface area contributed by atoms with E-state index in [1.165, 1.54) is 43.3 Å². The molecule has 1 aromatic heterocycles. The molecule has 0 amide bonds. The highest BCUT2D eigenvalue weighted by atomic mass is 16.3. The predicted octanol–water partition coefficient (Wildman–Crippen LogP) is 3.57. The van der Waals surface area contributed by atoms with Gasteiger partial charge in [-0.2, -0.15) is 4.80 Å². The van der Waals surface area contributed by atoms with Gasteiger partial charge < -0.3 is 5.11 Å². The fraction of sp³-hybridized carbons (Fsp3) is 0.913. The number of hydrogen-bond donors (Lipinski definition) is 1. The van der Waals surface area contributed by atoms with Gasteiger partial charge in [-0.25, -0.2) is 0 Å². The third kappa shape index (κ3) is 3.26. The fourth-order valence-electron chi connectivity index (χ4n) is 8.25. The molecule has 6 heteroatoms. The van der Waals surface area contributed by atoms with E-state index in [0.717, 1.165) is 37.0 Å². The monoisotopic (exact) mass is 400 g/mol. The molecule has 0 spiro atoms. The second-order valence-electron chi connectivity index (χ2n) is 11.2. The van der Waals surface area contributed by atoms with Crippen molar-refractivity contribution in [2.24, 2.45) is 40.9 Å². The van der Waals surface area contributed by atoms with Crippen LogP contribution in [0.4, 0.5) is 0 Å². The normalized spacial score (nSPS) is 46.6. The lowest BCUT2D eigenvalue weighted by Gasteiger charge is -2.56. The Morgan fingerprint density at radius 3 is 2.62 bits per heavy atom. The second-order valence-corrected chi connectivity index (χ2v) is 11.2. The first-order valence-electron chi connectivity index (χ1n) is 11.8. The van der Waals surface area contributed by atoms with Crippen molar-refractivity contribution >= 4 is 5.78 Å². The minimum atomic E-state index is -0.449. The van der Waals surface area contributed by atoms with E-state index in [4.69, 9.17) is 0 Å². The molecule has 4 aliphatic rings. The van der Waals surface area contributed by atoms with Crippen LogP contribution in [0.15, 0.2) is 0 Å². The summed E-state index contributed by atoms with van der Waals surface area (Å²) < 4.78 is 0. The molecule has 6 nitrogen and oxygen atoms in total. The average Bonchev–Trinajstić information content (AvgIpc) is 3.22. The number of aromatic nitrogens is 4. The Balaban J connectivity index is 1.31. The summed E-state index contributed by atoms with van der Waals surface area (Å²) in [6.45, 7) is 6.51. The number of fused-ring (bicyclic) bond motifs is 5. The maximum absolute atomic E-state index is 13.2. The zero-order valence-electron chi connectivity index (χ0n) is 18.2. The van der Waals surface area contributed by atoms with Crippen LogP contribution in [0.25, 0.3) is 0 Å². The van der Waals surface area contributed by atoms with E-state index in [2.05, 4.69) is 22.3 Å². The summed E-state index contributed by atoms with van der Waals surface area (Å²) in [6, 6.07) is 0. The van der Waals surface area contributed by atoms with Crippen LogP contribution in [0.5, 0.6) is 0 Å². The van der Waals surface area contributed by atoms with E-state index in [9.17, 15) is 9.90 Å². The van der Waals surface area contributed by atoms with Gasteiger partial charge in [0.15, 0.2) is 11.6 Å². The van der Waals surface area contributed by atoms with Crippen LogP contribution in [0.1, 0.15) is 77.5 Å². The van der Waals surface area contributed by atoms with Crippen molar-refractivity contribution in [3.05, 3.63) is 5.82 Å². The molecule has 5 rings (SSSR count). The van der Waals surface area contributed by atoms with E-state index < -0.39 is 5.60 Å². The topological polar surface area (TPSA) is 80.9 Å². The number of carbonyl (C=O) groups is 1. The number of aliphatic hydroxyl groups is 1. The molecular formula is C23H36N4O2. The minimum absolute atomic E-state index is 0.140. The third-order valence-corrected chi connectivity index (χ3v) is 9.48. The summed E-state index contributed by atoms with van der Waals surface area (Å²) in [5, 5.41) is 22.7. The molecule has 160 valence electrons. The second kappa shape index (κ2) is 6.86. The Labute approximate surface area is 173 Å². The van der Waals surface area contributed by atoms with Crippen LogP contribution in [-0.4, -0.2) is 36.7 Å². The van der Waals surface area contributed by atoms with Gasteiger partial charge in [0, 0.05) is 5.92 Å². The van der Waals surface area contributed by atoms with Gasteiger partial charge in [-0.05, 0) is 112 Å². The number of hydrogen-bond acceptors (Lipinski definition) is 5. The van der Waals surface area contributed by atoms with E-state index >= 15 is 0 Å². The predicted molar refractivity (Wildman–Crippen MR) is 109 cm³/mol. The van der Waals surface area contributed by atoms with E-state index in [0.29, 0.717) is 23.4 Å². The lowest BCUT2D eigenvalue weighted by atomic mass is 9.49. The molecule has 4 saturated carbocycles. The van der Waals surface area contributed by atoms with E-state index in [-0.39, 0.29) is 17.9 Å². The van der Waals surface area contributed by atoms with E-state index in [1.807, 2.05) is 13.8 Å². The van der Waals surface area contributed by atoms with Crippen molar-refractivity contribution in [1.82, 2.24) is 20.2 Å². The van der Waals surface area contributed by atoms with Gasteiger partial charge in [0.2, 0.25) is 0 Å². The Morgan fingerprint density at radius 1 is 1.07 bits per heavy atom. The molecule has 0 unspecified atom stereocenters. The number of ketones is 1. The highest BCUT2D eigenvalue weighted by Crippen LogP contribution is 2.64. The molecule has 1 aromatic rings. The lowest BCUT2D eigenvalue weighted by molar-refractivity contribution is -0.133. The van der Waals surface area contributed by atoms with Gasteiger partial charge in [-0.15, -0.1) is 10.2 Å². The SMILES string of the molecule is Cc1nnn(CC(=O)[C@H]2CC[C@H]3[C@@H]4CC[C@H]5C[C@](C)(O)CC[C@@H]5[C@H]4CC[C@]23C)n1. The molecule has 8 atom stereocenters. The molecule has 0 aromatic carbocycles. The first-order valence-corrected chi connectivity index (χ1v) is 11.8. The van der Waals surface area contributed by atoms with Crippen molar-refractivity contribution in [3.8, 4) is 0 Å². The quantitative estimate of drug-likeness (QED) is 0.839. The van der Waals surface area contributed by atoms with Crippen molar-refractivity contribution < 1.29 is 9.90 Å². The first kappa shape index (κ1) is 19.7. The smallest absolute Gasteiger partial charge is 0.171 e. The Hall–Kier alpha value is -1.30. The van der Waals surface area contributed by atoms with Crippen LogP contribution in [0.3, 0.4) is 0 Å². The van der Waals surface area contributed by atoms with Crippen LogP contribution in [-0.2, 0) is 11.3 Å². The number of tetrazole rings is 1. The minimum Gasteiger partial charge on any atom is -0.390 e. The van der Waals surface area contributed by atoms with Crippen LogP contribution in [0.2, 0.25) is 0 Å². The highest BCUT2D eigenvalue weighted by molar-refractivity contribution is 5.81. The third-order valence-electron chi connectivity index (χ3n) is 9.48. The largest absolute Gasteiger partial charge is 0.390 e. The Kier molecular flexibility index (Phi) is 4.65. The summed E-state index contributed by atoms with van der Waals surface area (Å²) in [5.41, 5.74) is -0.309. The number of aryl methyl sites for hydroxylation is 1. The molecule has 0 radical (unpaired) electrons. The van der Waals surface area contributed by atoms with Crippen molar-refractivity contribution in [2.45, 2.75) is 90.7 Å². The molecule has 4 fully saturated rings. The summed E-state index contributed by atoms with van der Waals surface area (Å²) in [4.78, 5) is 14.7. The molecule has 4 aliphatic carbocycles. The van der Waals surface area contributed by atoms with Gasteiger partial charge in [-0.1, -0.05) is 6.92 Å². The van der Waals surface area contributed by atoms with Gasteiger partial charge in [0.1, 0.15) is 6.54 Å². The maximum Gasteiger partial charge on any atom is 0.171 e. The maximum atomic E-state index is 13.2. The standard InChI is InChI=1S/C23H36N4O2/c1-14-24-26-27(25-14)13-21(28)20-7-6-19-18-5-4-15-12-22(2,29)10-8-16(15)17(18)9-11-23(19,20)3/h15-20,29H,4-13H2,1-3H3/t15-,16-,17+,18+,19-,20+,22+,23-/m0/s1. The summed E-state index contributed by atoms with van der Waals surface area (Å²) in [5.74, 6) is 4.86. The number of carbonyl (C=O) groups excluding carboxylic acids is 1. The van der Waals surface area contributed by atoms with Crippen molar-refractivity contribution in [1.29, 1.82) is 0 Å². The zero-order chi connectivity index (χ0) is 20.4. The summed E-state index contributed by atoms with van der Waals surface area (Å²) in [7, 11) is 0. The van der Waals surface area contributed by atoms with Crippen LogP contribution >= 0.6 is 0 Å². The highest BCUT2D eigenvalue weighted by Gasteiger charge is 2.58. The molecule has 29 heavy (non-hydrogen) atoms. The Morgan fingerprint density at radius 2 is 1.86 bits per heavy atom. The van der Waals surface area contributed by atoms with Gasteiger partial charge in [-0.3, -0.25) is 4.79 Å². The molecule has 1 N–H and O–H groups in total. The average molecular weight is 401 g/mol. The number of Topliss-reactive ketones (excluding diaryl/α,β-unsaturated/α-hetero) is 1. The van der Waals surface area contributed by atoms with Crippen molar-refractivity contribution in [2.75, 3.05) is 0 Å². The first-order chi connectivity index (χ1) is 13.8. The van der Waals surface area contributed by atoms with Gasteiger partial charge in [0.25, 0.3) is 0 Å². The molecular weight excluding hydrogens is 364 g/mol. The number of nitrogens with zero attached hydrogens (tertiary/aromatic N) is 4. The van der Waals surface area contributed by atoms with E-state index in [1.54, 1.807) is 0 Å². The lowest BCUT2D eigenvalue weighted by Crippen LogP contribution is -2.51. The zero-order valence-corrected chi connectivity index (χ0v) is 18.2. The molecule has 1 heterocycles. The molecule has 0 aliphatic heterocycles. The summed E-state index contributed by atoms with van der Waals surface area (Å²) in [6.07, 6.45) is 10.4. The van der Waals surface area contributed by atoms with Crippen LogP contribution in [0, 0.1) is 47.8 Å². The van der Waals surface area contributed by atoms with Crippen molar-refractivity contribution in [3.63, 3.8) is 0 Å². The van der Waals surface area contributed by atoms with Gasteiger partial charge in [0.05, 0.1) is 5.60 Å². The van der Waals surface area contributed by atoms with Crippen LogP contribution < -0.4 is 0 Å². The Bertz CT molecular complexity index is 790. The fourth-order valence-corrected chi connectivity index (χ4v) is 8.25.